The van der Waals surface area contributed by atoms with Crippen LogP contribution in [0.15, 0.2) is 23.8 Å². The van der Waals surface area contributed by atoms with Gasteiger partial charge in [-0.05, 0) is 6.08 Å². The molecule has 2 N–H and O–H groups in total. The summed E-state index contributed by atoms with van der Waals surface area (Å²) in [6.07, 6.45) is 3.81. The molecule has 0 atom stereocenters. The van der Waals surface area contributed by atoms with Crippen LogP contribution in [0, 0.1) is 11.3 Å². The Morgan fingerprint density at radius 1 is 1.78 bits per heavy atom. The van der Waals surface area contributed by atoms with Gasteiger partial charge in [0.05, 0.1) is 11.8 Å². The van der Waals surface area contributed by atoms with Gasteiger partial charge in [-0.25, -0.2) is 0 Å². The maximum Gasteiger partial charge on any atom is 0.204 e. The monoisotopic (exact) mass is 122 g/mol. The molecule has 3 nitrogen and oxygen atoms in total. The second-order valence-electron chi connectivity index (χ2n) is 1.65. The van der Waals surface area contributed by atoms with Crippen LogP contribution in [-0.4, -0.2) is 0 Å². The zero-order chi connectivity index (χ0) is 6.69. The summed E-state index contributed by atoms with van der Waals surface area (Å²) in [5, 5.41) is 8.36. The van der Waals surface area contributed by atoms with Crippen molar-refractivity contribution >= 4 is 0 Å². The second kappa shape index (κ2) is 2.23. The third kappa shape index (κ3) is 1.03. The Morgan fingerprint density at radius 2 is 2.56 bits per heavy atom. The largest absolute Gasteiger partial charge is 0.449 e. The van der Waals surface area contributed by atoms with Gasteiger partial charge in [0, 0.05) is 6.42 Å². The minimum Gasteiger partial charge on any atom is -0.449 e. The van der Waals surface area contributed by atoms with E-state index in [9.17, 15) is 0 Å². The maximum atomic E-state index is 8.36. The lowest BCUT2D eigenvalue weighted by Crippen LogP contribution is -2.05. The normalized spacial score (nSPS) is 16.8. The van der Waals surface area contributed by atoms with E-state index in [-0.39, 0.29) is 5.88 Å². The van der Waals surface area contributed by atoms with Crippen LogP contribution in [0.5, 0.6) is 0 Å². The summed E-state index contributed by atoms with van der Waals surface area (Å²) in [5.74, 6) is 0.222. The van der Waals surface area contributed by atoms with Crippen molar-refractivity contribution in [3.63, 3.8) is 0 Å². The highest BCUT2D eigenvalue weighted by Crippen LogP contribution is 2.10. The number of rotatable bonds is 0. The summed E-state index contributed by atoms with van der Waals surface area (Å²) in [5.41, 5.74) is 5.77. The highest BCUT2D eigenvalue weighted by Gasteiger charge is 2.04. The van der Waals surface area contributed by atoms with Gasteiger partial charge in [0.1, 0.15) is 6.07 Å². The van der Waals surface area contributed by atoms with E-state index in [0.29, 0.717) is 12.0 Å². The second-order valence-corrected chi connectivity index (χ2v) is 1.65. The molecule has 1 heterocycles. The molecule has 0 aromatic rings. The SMILES string of the molecule is N#CC1=C(N)OC=CC1. The number of hydrogen-bond acceptors (Lipinski definition) is 3. The van der Waals surface area contributed by atoms with Gasteiger partial charge in [-0.1, -0.05) is 0 Å². The van der Waals surface area contributed by atoms with Crippen molar-refractivity contribution in [2.24, 2.45) is 5.73 Å². The first-order valence-electron chi connectivity index (χ1n) is 2.55. The predicted octanol–water partition coefficient (Wildman–Crippen LogP) is 0.614. The van der Waals surface area contributed by atoms with Gasteiger partial charge in [-0.15, -0.1) is 0 Å². The molecule has 0 saturated carbocycles. The third-order valence-electron chi connectivity index (χ3n) is 1.05. The summed E-state index contributed by atoms with van der Waals surface area (Å²) >= 11 is 0. The molecule has 0 fully saturated rings. The molecule has 0 spiro atoms. The molecule has 46 valence electrons. The highest BCUT2D eigenvalue weighted by atomic mass is 16.5. The molecule has 0 radical (unpaired) electrons. The molecular weight excluding hydrogens is 116 g/mol. The minimum absolute atomic E-state index is 0.222. The lowest BCUT2D eigenvalue weighted by molar-refractivity contribution is 0.333. The van der Waals surface area contributed by atoms with E-state index in [2.05, 4.69) is 0 Å². The average Bonchev–Trinajstić information content (AvgIpc) is 1.89. The van der Waals surface area contributed by atoms with E-state index in [1.807, 2.05) is 6.07 Å². The molecule has 1 rings (SSSR count). The highest BCUT2D eigenvalue weighted by molar-refractivity contribution is 5.27. The number of nitrogens with zero attached hydrogens (tertiary/aromatic N) is 1. The van der Waals surface area contributed by atoms with Crippen LogP contribution >= 0.6 is 0 Å². The third-order valence-corrected chi connectivity index (χ3v) is 1.05. The molecule has 0 amide bonds. The van der Waals surface area contributed by atoms with Crippen molar-refractivity contribution in [3.8, 4) is 6.07 Å². The zero-order valence-corrected chi connectivity index (χ0v) is 4.79. The van der Waals surface area contributed by atoms with Crippen LogP contribution in [0.3, 0.4) is 0 Å². The van der Waals surface area contributed by atoms with Gasteiger partial charge in [0.25, 0.3) is 0 Å². The van der Waals surface area contributed by atoms with E-state index < -0.39 is 0 Å². The quantitative estimate of drug-likeness (QED) is 0.512. The molecule has 0 aromatic heterocycles. The van der Waals surface area contributed by atoms with Gasteiger partial charge in [0.2, 0.25) is 5.88 Å². The van der Waals surface area contributed by atoms with E-state index in [0.717, 1.165) is 0 Å². The predicted molar refractivity (Wildman–Crippen MR) is 31.7 cm³/mol. The Morgan fingerprint density at radius 3 is 3.00 bits per heavy atom. The number of nitriles is 1. The summed E-state index contributed by atoms with van der Waals surface area (Å²) in [7, 11) is 0. The Kier molecular flexibility index (Phi) is 1.41. The first-order chi connectivity index (χ1) is 4.34. The van der Waals surface area contributed by atoms with Crippen LogP contribution in [0.25, 0.3) is 0 Å². The maximum absolute atomic E-state index is 8.36. The molecule has 1 aliphatic heterocycles. The molecular formula is C6H6N2O. The molecule has 0 aromatic carbocycles. The van der Waals surface area contributed by atoms with Gasteiger partial charge >= 0.3 is 0 Å². The number of ether oxygens (including phenoxy) is 1. The lowest BCUT2D eigenvalue weighted by Gasteiger charge is -2.05. The fourth-order valence-corrected chi connectivity index (χ4v) is 0.560. The molecule has 0 saturated heterocycles. The Balaban J connectivity index is 2.79. The first-order valence-corrected chi connectivity index (χ1v) is 2.55. The van der Waals surface area contributed by atoms with Crippen LogP contribution in [-0.2, 0) is 4.74 Å². The zero-order valence-electron chi connectivity index (χ0n) is 4.79. The van der Waals surface area contributed by atoms with Crippen molar-refractivity contribution in [3.05, 3.63) is 23.8 Å². The van der Waals surface area contributed by atoms with Crippen molar-refractivity contribution in [1.29, 1.82) is 5.26 Å². The van der Waals surface area contributed by atoms with Gasteiger partial charge in [-0.2, -0.15) is 5.26 Å². The van der Waals surface area contributed by atoms with Crippen LogP contribution in [0.2, 0.25) is 0 Å². The minimum atomic E-state index is 0.222. The van der Waals surface area contributed by atoms with Gasteiger partial charge in [0.15, 0.2) is 0 Å². The van der Waals surface area contributed by atoms with Crippen molar-refractivity contribution in [2.75, 3.05) is 0 Å². The Hall–Kier alpha value is -1.43. The molecule has 0 bridgehead atoms. The van der Waals surface area contributed by atoms with Crippen molar-refractivity contribution in [2.45, 2.75) is 6.42 Å². The van der Waals surface area contributed by atoms with Crippen LogP contribution in [0.4, 0.5) is 0 Å². The van der Waals surface area contributed by atoms with Crippen LogP contribution in [0.1, 0.15) is 6.42 Å². The standard InChI is InChI=1S/C6H6N2O/c7-4-5-2-1-3-9-6(5)8/h1,3H,2,8H2. The molecule has 1 aliphatic rings. The molecule has 9 heavy (non-hydrogen) atoms. The van der Waals surface area contributed by atoms with Crippen LogP contribution < -0.4 is 5.73 Å². The molecule has 0 aliphatic carbocycles. The molecule has 0 unspecified atom stereocenters. The number of nitrogens with two attached hydrogens (primary N) is 1. The topological polar surface area (TPSA) is 59.0 Å². The average molecular weight is 122 g/mol. The summed E-state index contributed by atoms with van der Waals surface area (Å²) in [6, 6.07) is 1.93. The van der Waals surface area contributed by atoms with Gasteiger partial charge in [-0.3, -0.25) is 0 Å². The fourth-order valence-electron chi connectivity index (χ4n) is 0.560. The van der Waals surface area contributed by atoms with E-state index in [1.54, 1.807) is 6.08 Å². The summed E-state index contributed by atoms with van der Waals surface area (Å²) < 4.78 is 4.74. The van der Waals surface area contributed by atoms with E-state index in [1.165, 1.54) is 6.26 Å². The first kappa shape index (κ1) is 5.70. The number of allylic oxidation sites excluding steroid dienone is 2. The Bertz CT molecular complexity index is 210. The fraction of sp³-hybridized carbons (Fsp3) is 0.167. The Labute approximate surface area is 53.0 Å². The van der Waals surface area contributed by atoms with E-state index in [4.69, 9.17) is 15.7 Å². The van der Waals surface area contributed by atoms with Gasteiger partial charge < -0.3 is 10.5 Å². The molecule has 3 heteroatoms. The van der Waals surface area contributed by atoms with E-state index >= 15 is 0 Å². The summed E-state index contributed by atoms with van der Waals surface area (Å²) in [4.78, 5) is 0. The number of hydrogen-bond donors (Lipinski definition) is 1. The smallest absolute Gasteiger partial charge is 0.204 e. The summed E-state index contributed by atoms with van der Waals surface area (Å²) in [6.45, 7) is 0. The van der Waals surface area contributed by atoms with Crippen molar-refractivity contribution in [1.82, 2.24) is 0 Å². The van der Waals surface area contributed by atoms with Crippen molar-refractivity contribution < 1.29 is 4.74 Å². The lowest BCUT2D eigenvalue weighted by atomic mass is 10.2.